The normalized spacial score (nSPS) is 18.6. The molecule has 4 nitrogen and oxygen atoms in total. The van der Waals surface area contributed by atoms with E-state index in [0.717, 1.165) is 38.8 Å². The minimum absolute atomic E-state index is 0.144. The maximum absolute atomic E-state index is 11.6. The van der Waals surface area contributed by atoms with E-state index in [0.29, 0.717) is 6.42 Å². The Kier molecular flexibility index (Phi) is 4.90. The second kappa shape index (κ2) is 5.98. The van der Waals surface area contributed by atoms with Gasteiger partial charge in [0, 0.05) is 19.5 Å². The lowest BCUT2D eigenvalue weighted by atomic mass is 10.1. The number of nitrogens with two attached hydrogens (primary N) is 1. The van der Waals surface area contributed by atoms with Crippen molar-refractivity contribution in [2.45, 2.75) is 45.1 Å². The summed E-state index contributed by atoms with van der Waals surface area (Å²) in [6, 6.07) is 0. The van der Waals surface area contributed by atoms with Crippen LogP contribution in [0.25, 0.3) is 0 Å². The second-order valence-corrected chi connectivity index (χ2v) is 3.82. The summed E-state index contributed by atoms with van der Waals surface area (Å²) in [5.41, 5.74) is 0. The molecule has 1 amide bonds. The average molecular weight is 200 g/mol. The molecule has 82 valence electrons. The van der Waals surface area contributed by atoms with Gasteiger partial charge >= 0.3 is 0 Å². The van der Waals surface area contributed by atoms with Crippen LogP contribution in [0.4, 0.5) is 0 Å². The van der Waals surface area contributed by atoms with Gasteiger partial charge in [0.2, 0.25) is 5.91 Å². The molecule has 1 aliphatic heterocycles. The van der Waals surface area contributed by atoms with E-state index in [1.165, 1.54) is 0 Å². The first-order valence-electron chi connectivity index (χ1n) is 5.41. The maximum Gasteiger partial charge on any atom is 0.222 e. The molecule has 2 N–H and O–H groups in total. The van der Waals surface area contributed by atoms with E-state index >= 15 is 0 Å². The Bertz CT molecular complexity index is 177. The quantitative estimate of drug-likeness (QED) is 0.690. The Morgan fingerprint density at radius 3 is 2.64 bits per heavy atom. The third-order valence-electron chi connectivity index (χ3n) is 2.73. The summed E-state index contributed by atoms with van der Waals surface area (Å²) in [6.45, 7) is 3.69. The standard InChI is InChI=1S/C10H20N2O2/c1-2-3-4-10(13)12-7-5-9(14-11)6-8-12/h9H,2-8,11H2,1H3. The highest BCUT2D eigenvalue weighted by Gasteiger charge is 2.22. The van der Waals surface area contributed by atoms with E-state index < -0.39 is 0 Å². The highest BCUT2D eigenvalue weighted by Crippen LogP contribution is 2.13. The van der Waals surface area contributed by atoms with Gasteiger partial charge in [0.05, 0.1) is 6.10 Å². The number of unbranched alkanes of at least 4 members (excludes halogenated alkanes) is 1. The number of amides is 1. The van der Waals surface area contributed by atoms with Crippen LogP contribution in [0.5, 0.6) is 0 Å². The second-order valence-electron chi connectivity index (χ2n) is 3.82. The van der Waals surface area contributed by atoms with Gasteiger partial charge in [-0.05, 0) is 19.3 Å². The number of carbonyl (C=O) groups excluding carboxylic acids is 1. The average Bonchev–Trinajstić information content (AvgIpc) is 2.26. The molecule has 0 atom stereocenters. The number of rotatable bonds is 4. The van der Waals surface area contributed by atoms with Gasteiger partial charge in [-0.1, -0.05) is 13.3 Å². The van der Waals surface area contributed by atoms with E-state index in [-0.39, 0.29) is 12.0 Å². The SMILES string of the molecule is CCCCC(=O)N1CCC(ON)CC1. The van der Waals surface area contributed by atoms with Gasteiger partial charge < -0.3 is 9.74 Å². The smallest absolute Gasteiger partial charge is 0.222 e. The van der Waals surface area contributed by atoms with E-state index in [2.05, 4.69) is 6.92 Å². The molecular formula is C10H20N2O2. The largest absolute Gasteiger partial charge is 0.343 e. The summed E-state index contributed by atoms with van der Waals surface area (Å²) < 4.78 is 0. The Morgan fingerprint density at radius 2 is 2.14 bits per heavy atom. The van der Waals surface area contributed by atoms with Gasteiger partial charge in [-0.25, -0.2) is 5.90 Å². The number of hydrogen-bond acceptors (Lipinski definition) is 3. The fourth-order valence-electron chi connectivity index (χ4n) is 1.73. The van der Waals surface area contributed by atoms with Crippen molar-refractivity contribution in [3.63, 3.8) is 0 Å². The zero-order valence-electron chi connectivity index (χ0n) is 8.87. The Balaban J connectivity index is 2.23. The molecule has 0 aromatic heterocycles. The molecule has 0 spiro atoms. The van der Waals surface area contributed by atoms with Crippen LogP contribution < -0.4 is 5.90 Å². The Labute approximate surface area is 85.3 Å². The molecule has 1 heterocycles. The molecular weight excluding hydrogens is 180 g/mol. The summed E-state index contributed by atoms with van der Waals surface area (Å²) in [5.74, 6) is 5.38. The van der Waals surface area contributed by atoms with Gasteiger partial charge in [-0.15, -0.1) is 0 Å². The molecule has 0 bridgehead atoms. The third-order valence-corrected chi connectivity index (χ3v) is 2.73. The van der Waals surface area contributed by atoms with Crippen molar-refractivity contribution in [1.82, 2.24) is 4.90 Å². The molecule has 0 unspecified atom stereocenters. The first-order valence-corrected chi connectivity index (χ1v) is 5.41. The molecule has 0 aromatic carbocycles. The lowest BCUT2D eigenvalue weighted by molar-refractivity contribution is -0.134. The highest BCUT2D eigenvalue weighted by atomic mass is 16.6. The number of carbonyl (C=O) groups is 1. The van der Waals surface area contributed by atoms with Crippen molar-refractivity contribution in [1.29, 1.82) is 0 Å². The minimum Gasteiger partial charge on any atom is -0.343 e. The van der Waals surface area contributed by atoms with Crippen molar-refractivity contribution >= 4 is 5.91 Å². The molecule has 1 rings (SSSR count). The predicted octanol–water partition coefficient (Wildman–Crippen LogP) is 1.06. The summed E-state index contributed by atoms with van der Waals surface area (Å²) in [6.07, 6.45) is 4.64. The summed E-state index contributed by atoms with van der Waals surface area (Å²) in [7, 11) is 0. The van der Waals surface area contributed by atoms with Crippen LogP contribution in [-0.2, 0) is 9.63 Å². The van der Waals surface area contributed by atoms with Crippen LogP contribution in [0.3, 0.4) is 0 Å². The van der Waals surface area contributed by atoms with Crippen LogP contribution in [0.2, 0.25) is 0 Å². The van der Waals surface area contributed by atoms with Crippen molar-refractivity contribution in [3.05, 3.63) is 0 Å². The van der Waals surface area contributed by atoms with Gasteiger partial charge in [0.1, 0.15) is 0 Å². The number of hydrogen-bond donors (Lipinski definition) is 1. The molecule has 0 radical (unpaired) electrons. The van der Waals surface area contributed by atoms with Gasteiger partial charge in [-0.2, -0.15) is 0 Å². The summed E-state index contributed by atoms with van der Waals surface area (Å²) in [4.78, 5) is 18.3. The number of nitrogens with zero attached hydrogens (tertiary/aromatic N) is 1. The molecule has 1 aliphatic rings. The Hall–Kier alpha value is -0.610. The summed E-state index contributed by atoms with van der Waals surface area (Å²) >= 11 is 0. The predicted molar refractivity (Wildman–Crippen MR) is 54.4 cm³/mol. The molecule has 0 aromatic rings. The third kappa shape index (κ3) is 3.27. The first-order chi connectivity index (χ1) is 6.77. The van der Waals surface area contributed by atoms with E-state index in [1.54, 1.807) is 0 Å². The summed E-state index contributed by atoms with van der Waals surface area (Å²) in [5, 5.41) is 0. The zero-order valence-corrected chi connectivity index (χ0v) is 8.87. The van der Waals surface area contributed by atoms with Gasteiger partial charge in [0.15, 0.2) is 0 Å². The fraction of sp³-hybridized carbons (Fsp3) is 0.900. The fourth-order valence-corrected chi connectivity index (χ4v) is 1.73. The lowest BCUT2D eigenvalue weighted by Crippen LogP contribution is -2.41. The van der Waals surface area contributed by atoms with E-state index in [9.17, 15) is 4.79 Å². The van der Waals surface area contributed by atoms with Gasteiger partial charge in [0.25, 0.3) is 0 Å². The lowest BCUT2D eigenvalue weighted by Gasteiger charge is -2.30. The first kappa shape index (κ1) is 11.5. The van der Waals surface area contributed by atoms with Crippen LogP contribution in [0.1, 0.15) is 39.0 Å². The minimum atomic E-state index is 0.144. The van der Waals surface area contributed by atoms with E-state index in [1.807, 2.05) is 4.90 Å². The monoisotopic (exact) mass is 200 g/mol. The van der Waals surface area contributed by atoms with Crippen LogP contribution in [0, 0.1) is 0 Å². The molecule has 1 saturated heterocycles. The van der Waals surface area contributed by atoms with E-state index in [4.69, 9.17) is 10.7 Å². The molecule has 1 fully saturated rings. The zero-order chi connectivity index (χ0) is 10.4. The number of piperidine rings is 1. The maximum atomic E-state index is 11.6. The topological polar surface area (TPSA) is 55.6 Å². The molecule has 14 heavy (non-hydrogen) atoms. The van der Waals surface area contributed by atoms with Crippen LogP contribution in [-0.4, -0.2) is 30.0 Å². The highest BCUT2D eigenvalue weighted by molar-refractivity contribution is 5.76. The van der Waals surface area contributed by atoms with Crippen molar-refractivity contribution in [2.75, 3.05) is 13.1 Å². The van der Waals surface area contributed by atoms with Gasteiger partial charge in [-0.3, -0.25) is 4.79 Å². The van der Waals surface area contributed by atoms with Crippen molar-refractivity contribution in [2.24, 2.45) is 5.90 Å². The van der Waals surface area contributed by atoms with Crippen molar-refractivity contribution in [3.8, 4) is 0 Å². The number of likely N-dealkylation sites (tertiary alicyclic amines) is 1. The van der Waals surface area contributed by atoms with Crippen LogP contribution in [0.15, 0.2) is 0 Å². The molecule has 4 heteroatoms. The Morgan fingerprint density at radius 1 is 1.50 bits per heavy atom. The van der Waals surface area contributed by atoms with Crippen molar-refractivity contribution < 1.29 is 9.63 Å². The molecule has 0 saturated carbocycles. The molecule has 0 aliphatic carbocycles. The van der Waals surface area contributed by atoms with Crippen LogP contribution >= 0.6 is 0 Å².